The second-order valence-corrected chi connectivity index (χ2v) is 7.87. The van der Waals surface area contributed by atoms with Crippen LogP contribution in [0.3, 0.4) is 0 Å². The number of nitrogens with one attached hydrogen (secondary N) is 1. The third kappa shape index (κ3) is 6.17. The summed E-state index contributed by atoms with van der Waals surface area (Å²) in [6, 6.07) is 5.82. The molecule has 2 heterocycles. The first-order valence-electron chi connectivity index (χ1n) is 9.79. The number of benzene rings is 1. The molecule has 4 nitrogen and oxygen atoms in total. The SMILES string of the molecule is C[C@@H]1CN(CCN2CCN[C@H](Cc3ccc(C(F)(F)F)cc3)C2)C[C@H](C)O1. The number of nitrogens with zero attached hydrogens (tertiary/aromatic N) is 2. The molecule has 2 fully saturated rings. The highest BCUT2D eigenvalue weighted by Crippen LogP contribution is 2.29. The minimum absolute atomic E-state index is 0.276. The van der Waals surface area contributed by atoms with E-state index >= 15 is 0 Å². The van der Waals surface area contributed by atoms with Gasteiger partial charge in [-0.3, -0.25) is 9.80 Å². The Labute approximate surface area is 159 Å². The monoisotopic (exact) mass is 385 g/mol. The summed E-state index contributed by atoms with van der Waals surface area (Å²) in [5, 5.41) is 3.50. The van der Waals surface area contributed by atoms with Crippen LogP contribution in [0.4, 0.5) is 13.2 Å². The second kappa shape index (κ2) is 8.90. The van der Waals surface area contributed by atoms with Gasteiger partial charge in [0.05, 0.1) is 17.8 Å². The predicted molar refractivity (Wildman–Crippen MR) is 99.8 cm³/mol. The van der Waals surface area contributed by atoms with E-state index in [1.165, 1.54) is 12.1 Å². The van der Waals surface area contributed by atoms with E-state index in [9.17, 15) is 13.2 Å². The normalized spacial score (nSPS) is 28.4. The van der Waals surface area contributed by atoms with Crippen LogP contribution in [0, 0.1) is 0 Å². The van der Waals surface area contributed by atoms with Crippen molar-refractivity contribution in [2.75, 3.05) is 45.8 Å². The second-order valence-electron chi connectivity index (χ2n) is 7.87. The molecule has 0 bridgehead atoms. The lowest BCUT2D eigenvalue weighted by Gasteiger charge is -2.38. The molecule has 2 aliphatic heterocycles. The maximum absolute atomic E-state index is 12.7. The van der Waals surface area contributed by atoms with Crippen LogP contribution in [0.1, 0.15) is 25.0 Å². The van der Waals surface area contributed by atoms with Gasteiger partial charge in [0.2, 0.25) is 0 Å². The fraction of sp³-hybridized carbons (Fsp3) is 0.700. The first-order chi connectivity index (χ1) is 12.8. The van der Waals surface area contributed by atoms with Crippen LogP contribution in [0.2, 0.25) is 0 Å². The lowest BCUT2D eigenvalue weighted by molar-refractivity contribution is -0.137. The Balaban J connectivity index is 1.46. The van der Waals surface area contributed by atoms with Gasteiger partial charge in [-0.15, -0.1) is 0 Å². The summed E-state index contributed by atoms with van der Waals surface area (Å²) in [6.45, 7) is 11.1. The molecule has 0 aromatic heterocycles. The molecule has 7 heteroatoms. The van der Waals surface area contributed by atoms with Crippen LogP contribution in [0.5, 0.6) is 0 Å². The standard InChI is InChI=1S/C20H30F3N3O/c1-15-12-26(13-16(2)27-15)10-9-25-8-7-24-19(14-25)11-17-3-5-18(6-4-17)20(21,22)23/h3-6,15-16,19,24H,7-14H2,1-2H3/t15-,16+,19-/m1/s1. The van der Waals surface area contributed by atoms with Gasteiger partial charge in [-0.25, -0.2) is 0 Å². The summed E-state index contributed by atoms with van der Waals surface area (Å²) in [5.74, 6) is 0. The van der Waals surface area contributed by atoms with Gasteiger partial charge in [0.1, 0.15) is 0 Å². The van der Waals surface area contributed by atoms with E-state index in [0.29, 0.717) is 0 Å². The fourth-order valence-electron chi connectivity index (χ4n) is 4.10. The maximum atomic E-state index is 12.7. The van der Waals surface area contributed by atoms with Crippen molar-refractivity contribution in [3.8, 4) is 0 Å². The van der Waals surface area contributed by atoms with Gasteiger partial charge in [0, 0.05) is 51.9 Å². The van der Waals surface area contributed by atoms with Gasteiger partial charge in [0.25, 0.3) is 0 Å². The number of hydrogen-bond acceptors (Lipinski definition) is 4. The number of morpholine rings is 1. The third-order valence-electron chi connectivity index (χ3n) is 5.33. The minimum atomic E-state index is -4.27. The lowest BCUT2D eigenvalue weighted by Crippen LogP contribution is -2.54. The van der Waals surface area contributed by atoms with Gasteiger partial charge < -0.3 is 10.1 Å². The predicted octanol–water partition coefficient (Wildman–Crippen LogP) is 2.63. The molecule has 0 radical (unpaired) electrons. The summed E-state index contributed by atoms with van der Waals surface area (Å²) in [6.07, 6.45) is -2.96. The van der Waals surface area contributed by atoms with Crippen LogP contribution < -0.4 is 5.32 Å². The molecule has 1 aromatic rings. The first kappa shape index (κ1) is 20.6. The van der Waals surface area contributed by atoms with Crippen LogP contribution in [-0.2, 0) is 17.3 Å². The number of ether oxygens (including phenoxy) is 1. The zero-order valence-electron chi connectivity index (χ0n) is 16.1. The molecule has 0 amide bonds. The van der Waals surface area contributed by atoms with E-state index in [0.717, 1.165) is 57.8 Å². The lowest BCUT2D eigenvalue weighted by atomic mass is 10.0. The average molecular weight is 385 g/mol. The smallest absolute Gasteiger partial charge is 0.373 e. The van der Waals surface area contributed by atoms with Crippen molar-refractivity contribution in [1.29, 1.82) is 0 Å². The maximum Gasteiger partial charge on any atom is 0.416 e. The zero-order chi connectivity index (χ0) is 19.4. The Hall–Kier alpha value is -1.15. The molecule has 2 saturated heterocycles. The van der Waals surface area contributed by atoms with E-state index in [1.807, 2.05) is 0 Å². The third-order valence-corrected chi connectivity index (χ3v) is 5.33. The van der Waals surface area contributed by atoms with E-state index < -0.39 is 11.7 Å². The van der Waals surface area contributed by atoms with Gasteiger partial charge in [-0.05, 0) is 38.0 Å². The fourth-order valence-corrected chi connectivity index (χ4v) is 4.10. The minimum Gasteiger partial charge on any atom is -0.373 e. The van der Waals surface area contributed by atoms with Crippen molar-refractivity contribution in [2.24, 2.45) is 0 Å². The number of rotatable bonds is 5. The number of hydrogen-bond donors (Lipinski definition) is 1. The Morgan fingerprint density at radius 1 is 1.00 bits per heavy atom. The van der Waals surface area contributed by atoms with Crippen molar-refractivity contribution in [3.05, 3.63) is 35.4 Å². The molecular weight excluding hydrogens is 355 g/mol. The van der Waals surface area contributed by atoms with Gasteiger partial charge in [-0.1, -0.05) is 12.1 Å². The van der Waals surface area contributed by atoms with E-state index in [1.54, 1.807) is 12.1 Å². The molecule has 1 N–H and O–H groups in total. The Morgan fingerprint density at radius 3 is 2.26 bits per heavy atom. The van der Waals surface area contributed by atoms with Crippen molar-refractivity contribution < 1.29 is 17.9 Å². The molecule has 0 unspecified atom stereocenters. The molecular formula is C20H30F3N3O. The van der Waals surface area contributed by atoms with Crippen LogP contribution in [0.25, 0.3) is 0 Å². The van der Waals surface area contributed by atoms with E-state index in [4.69, 9.17) is 4.74 Å². The number of piperazine rings is 1. The average Bonchev–Trinajstić information content (AvgIpc) is 2.59. The molecule has 0 saturated carbocycles. The summed E-state index contributed by atoms with van der Waals surface area (Å²) in [7, 11) is 0. The molecule has 3 rings (SSSR count). The topological polar surface area (TPSA) is 27.7 Å². The largest absolute Gasteiger partial charge is 0.416 e. The molecule has 3 atom stereocenters. The molecule has 27 heavy (non-hydrogen) atoms. The quantitative estimate of drug-likeness (QED) is 0.843. The summed E-state index contributed by atoms with van der Waals surface area (Å²) in [5.41, 5.74) is 0.358. The van der Waals surface area contributed by atoms with Crippen molar-refractivity contribution in [1.82, 2.24) is 15.1 Å². The van der Waals surface area contributed by atoms with Crippen LogP contribution in [-0.4, -0.2) is 73.9 Å². The van der Waals surface area contributed by atoms with Crippen molar-refractivity contribution >= 4 is 0 Å². The van der Waals surface area contributed by atoms with Crippen molar-refractivity contribution in [3.63, 3.8) is 0 Å². The van der Waals surface area contributed by atoms with Gasteiger partial charge in [-0.2, -0.15) is 13.2 Å². The van der Waals surface area contributed by atoms with Gasteiger partial charge >= 0.3 is 6.18 Å². The highest BCUT2D eigenvalue weighted by molar-refractivity contribution is 5.25. The van der Waals surface area contributed by atoms with E-state index in [-0.39, 0.29) is 18.2 Å². The highest BCUT2D eigenvalue weighted by atomic mass is 19.4. The van der Waals surface area contributed by atoms with Crippen LogP contribution in [0.15, 0.2) is 24.3 Å². The Kier molecular flexibility index (Phi) is 6.78. The molecule has 2 aliphatic rings. The zero-order valence-corrected chi connectivity index (χ0v) is 16.1. The van der Waals surface area contributed by atoms with E-state index in [2.05, 4.69) is 29.0 Å². The molecule has 152 valence electrons. The molecule has 1 aromatic carbocycles. The van der Waals surface area contributed by atoms with Crippen molar-refractivity contribution in [2.45, 2.75) is 44.7 Å². The first-order valence-corrected chi connectivity index (χ1v) is 9.79. The van der Waals surface area contributed by atoms with Crippen LogP contribution >= 0.6 is 0 Å². The Morgan fingerprint density at radius 2 is 1.63 bits per heavy atom. The summed E-state index contributed by atoms with van der Waals surface area (Å²) >= 11 is 0. The highest BCUT2D eigenvalue weighted by Gasteiger charge is 2.30. The molecule has 0 aliphatic carbocycles. The summed E-state index contributed by atoms with van der Waals surface area (Å²) < 4.78 is 43.8. The molecule has 0 spiro atoms. The number of alkyl halides is 3. The Bertz CT molecular complexity index is 583. The summed E-state index contributed by atoms with van der Waals surface area (Å²) in [4.78, 5) is 4.92. The van der Waals surface area contributed by atoms with Gasteiger partial charge in [0.15, 0.2) is 0 Å². The number of halogens is 3.